The van der Waals surface area contributed by atoms with Crippen molar-refractivity contribution in [1.29, 1.82) is 0 Å². The number of hydrazine groups is 1. The van der Waals surface area contributed by atoms with Crippen LogP contribution in [0.15, 0.2) is 0 Å². The predicted molar refractivity (Wildman–Crippen MR) is 68.8 cm³/mol. The molecule has 5 heteroatoms. The van der Waals surface area contributed by atoms with Crippen LogP contribution in [-0.4, -0.2) is 30.4 Å². The van der Waals surface area contributed by atoms with Crippen LogP contribution in [0.5, 0.6) is 0 Å². The number of rotatable bonds is 7. The Morgan fingerprint density at radius 1 is 1.33 bits per heavy atom. The molecule has 1 atom stereocenters. The number of ketones is 1. The highest BCUT2D eigenvalue weighted by molar-refractivity contribution is 5.95. The summed E-state index contributed by atoms with van der Waals surface area (Å²) < 4.78 is 4.50. The normalized spacial score (nSPS) is 17.3. The van der Waals surface area contributed by atoms with Gasteiger partial charge in [0, 0.05) is 18.0 Å². The lowest BCUT2D eigenvalue weighted by Crippen LogP contribution is -2.51. The second-order valence-corrected chi connectivity index (χ2v) is 5.96. The van der Waals surface area contributed by atoms with Crippen LogP contribution in [0.2, 0.25) is 0 Å². The van der Waals surface area contributed by atoms with Crippen LogP contribution in [-0.2, 0) is 14.3 Å². The van der Waals surface area contributed by atoms with Crippen LogP contribution in [0, 0.1) is 5.92 Å². The van der Waals surface area contributed by atoms with Crippen molar-refractivity contribution in [3.8, 4) is 0 Å². The minimum Gasteiger partial charge on any atom is -0.469 e. The van der Waals surface area contributed by atoms with Crippen LogP contribution in [0.3, 0.4) is 0 Å². The molecule has 1 saturated carbocycles. The molecule has 1 rings (SSSR count). The summed E-state index contributed by atoms with van der Waals surface area (Å²) >= 11 is 0. The molecule has 1 fully saturated rings. The zero-order valence-electron chi connectivity index (χ0n) is 11.7. The third kappa shape index (κ3) is 6.12. The van der Waals surface area contributed by atoms with Gasteiger partial charge in [0.05, 0.1) is 7.11 Å². The first kappa shape index (κ1) is 15.1. The van der Waals surface area contributed by atoms with E-state index in [1.54, 1.807) is 0 Å². The summed E-state index contributed by atoms with van der Waals surface area (Å²) in [6.45, 7) is 6.17. The molecule has 1 unspecified atom stereocenters. The fraction of sp³-hybridized carbons (Fsp3) is 0.846. The van der Waals surface area contributed by atoms with Crippen LogP contribution in [0.1, 0.15) is 46.5 Å². The smallest absolute Gasteiger partial charge is 0.313 e. The molecule has 1 aliphatic carbocycles. The second-order valence-electron chi connectivity index (χ2n) is 5.96. The van der Waals surface area contributed by atoms with Crippen molar-refractivity contribution in [2.75, 3.05) is 7.11 Å². The van der Waals surface area contributed by atoms with E-state index in [1.165, 1.54) is 7.11 Å². The van der Waals surface area contributed by atoms with Crippen molar-refractivity contribution >= 4 is 11.8 Å². The fourth-order valence-corrected chi connectivity index (χ4v) is 1.69. The third-order valence-corrected chi connectivity index (χ3v) is 2.84. The summed E-state index contributed by atoms with van der Waals surface area (Å²) in [5.41, 5.74) is 6.38. The van der Waals surface area contributed by atoms with Crippen LogP contribution >= 0.6 is 0 Å². The lowest BCUT2D eigenvalue weighted by Gasteiger charge is -2.26. The van der Waals surface area contributed by atoms with E-state index >= 15 is 0 Å². The second kappa shape index (κ2) is 6.29. The van der Waals surface area contributed by atoms with Gasteiger partial charge in [0.1, 0.15) is 12.2 Å². The van der Waals surface area contributed by atoms with Crippen molar-refractivity contribution in [3.05, 3.63) is 0 Å². The highest BCUT2D eigenvalue weighted by Crippen LogP contribution is 2.34. The maximum Gasteiger partial charge on any atom is 0.313 e. The van der Waals surface area contributed by atoms with Gasteiger partial charge in [0.15, 0.2) is 0 Å². The average Bonchev–Trinajstić information content (AvgIpc) is 3.06. The highest BCUT2D eigenvalue weighted by atomic mass is 16.5. The molecule has 0 bridgehead atoms. The molecule has 0 aromatic heterocycles. The zero-order chi connectivity index (χ0) is 13.8. The van der Waals surface area contributed by atoms with Gasteiger partial charge in [0.25, 0.3) is 0 Å². The van der Waals surface area contributed by atoms with Crippen molar-refractivity contribution < 1.29 is 14.3 Å². The van der Waals surface area contributed by atoms with Crippen LogP contribution in [0.4, 0.5) is 0 Å². The molecular weight excluding hydrogens is 232 g/mol. The quantitative estimate of drug-likeness (QED) is 0.407. The van der Waals surface area contributed by atoms with E-state index < -0.39 is 5.97 Å². The van der Waals surface area contributed by atoms with E-state index in [-0.39, 0.29) is 23.8 Å². The Morgan fingerprint density at radius 3 is 2.39 bits per heavy atom. The van der Waals surface area contributed by atoms with E-state index in [2.05, 4.69) is 36.4 Å². The molecule has 0 amide bonds. The fourth-order valence-electron chi connectivity index (χ4n) is 1.69. The maximum atomic E-state index is 11.7. The van der Waals surface area contributed by atoms with E-state index in [1.807, 2.05) is 0 Å². The van der Waals surface area contributed by atoms with Gasteiger partial charge in [-0.15, -0.1) is 0 Å². The number of carbonyl (C=O) groups is 2. The largest absolute Gasteiger partial charge is 0.469 e. The van der Waals surface area contributed by atoms with Gasteiger partial charge in [-0.3, -0.25) is 20.4 Å². The predicted octanol–water partition coefficient (Wildman–Crippen LogP) is 1.18. The topological polar surface area (TPSA) is 67.4 Å². The monoisotopic (exact) mass is 256 g/mol. The van der Waals surface area contributed by atoms with Crippen LogP contribution < -0.4 is 10.9 Å². The van der Waals surface area contributed by atoms with E-state index in [0.29, 0.717) is 12.3 Å². The molecule has 0 aliphatic heterocycles. The number of methoxy groups -OCH3 is 1. The molecule has 0 aromatic rings. The summed E-state index contributed by atoms with van der Waals surface area (Å²) in [5.74, 6) is 0.0155. The number of hydrogen-bond donors (Lipinski definition) is 2. The van der Waals surface area contributed by atoms with Crippen molar-refractivity contribution in [2.24, 2.45) is 5.92 Å². The van der Waals surface area contributed by atoms with Crippen LogP contribution in [0.25, 0.3) is 0 Å². The zero-order valence-corrected chi connectivity index (χ0v) is 11.7. The number of carbonyl (C=O) groups excluding carboxylic acids is 2. The first-order valence-electron chi connectivity index (χ1n) is 6.43. The molecule has 1 aliphatic rings. The Kier molecular flexibility index (Phi) is 5.28. The van der Waals surface area contributed by atoms with E-state index in [9.17, 15) is 9.59 Å². The Labute approximate surface area is 109 Å². The maximum absolute atomic E-state index is 11.7. The number of nitrogens with one attached hydrogen (secondary N) is 2. The Balaban J connectivity index is 2.38. The standard InChI is InChI=1S/C13H24N2O3/c1-13(2,3)15-14-11(9-5-6-9)7-10(16)8-12(17)18-4/h9,11,14-15H,5-8H2,1-4H3. The summed E-state index contributed by atoms with van der Waals surface area (Å²) in [6.07, 6.45) is 2.55. The molecule has 0 aromatic carbocycles. The summed E-state index contributed by atoms with van der Waals surface area (Å²) in [6, 6.07) is 0.112. The summed E-state index contributed by atoms with van der Waals surface area (Å²) in [4.78, 5) is 22.7. The van der Waals surface area contributed by atoms with E-state index in [4.69, 9.17) is 0 Å². The van der Waals surface area contributed by atoms with Crippen molar-refractivity contribution in [3.63, 3.8) is 0 Å². The number of Topliss-reactive ketones (excluding diaryl/α,β-unsaturated/α-hetero) is 1. The first-order chi connectivity index (χ1) is 8.31. The van der Waals surface area contributed by atoms with Gasteiger partial charge in [-0.25, -0.2) is 0 Å². The molecule has 104 valence electrons. The lowest BCUT2D eigenvalue weighted by atomic mass is 10.0. The Hall–Kier alpha value is -0.940. The number of esters is 1. The van der Waals surface area contributed by atoms with E-state index in [0.717, 1.165) is 12.8 Å². The number of ether oxygens (including phenoxy) is 1. The minimum atomic E-state index is -0.460. The molecule has 18 heavy (non-hydrogen) atoms. The van der Waals surface area contributed by atoms with Gasteiger partial charge in [-0.2, -0.15) is 0 Å². The molecule has 0 heterocycles. The molecule has 0 spiro atoms. The number of hydrogen-bond acceptors (Lipinski definition) is 5. The highest BCUT2D eigenvalue weighted by Gasteiger charge is 2.33. The minimum absolute atomic E-state index is 0.0431. The van der Waals surface area contributed by atoms with Crippen molar-refractivity contribution in [1.82, 2.24) is 10.9 Å². The first-order valence-corrected chi connectivity index (χ1v) is 6.43. The Morgan fingerprint density at radius 2 is 1.94 bits per heavy atom. The average molecular weight is 256 g/mol. The van der Waals surface area contributed by atoms with Gasteiger partial charge >= 0.3 is 5.97 Å². The summed E-state index contributed by atoms with van der Waals surface area (Å²) in [5, 5.41) is 0. The molecular formula is C13H24N2O3. The molecule has 2 N–H and O–H groups in total. The van der Waals surface area contributed by atoms with Crippen molar-refractivity contribution in [2.45, 2.75) is 58.0 Å². The van der Waals surface area contributed by atoms with Gasteiger partial charge in [-0.05, 0) is 39.5 Å². The van der Waals surface area contributed by atoms with Gasteiger partial charge < -0.3 is 4.74 Å². The lowest BCUT2D eigenvalue weighted by molar-refractivity contribution is -0.143. The third-order valence-electron chi connectivity index (χ3n) is 2.84. The molecule has 0 saturated heterocycles. The molecule has 0 radical (unpaired) electrons. The van der Waals surface area contributed by atoms with Gasteiger partial charge in [0.2, 0.25) is 0 Å². The SMILES string of the molecule is COC(=O)CC(=O)CC(NNC(C)(C)C)C1CC1. The summed E-state index contributed by atoms with van der Waals surface area (Å²) in [7, 11) is 1.30. The Bertz CT molecular complexity index is 306. The molecule has 5 nitrogen and oxygen atoms in total. The van der Waals surface area contributed by atoms with Gasteiger partial charge in [-0.1, -0.05) is 0 Å².